The van der Waals surface area contributed by atoms with E-state index in [1.807, 2.05) is 0 Å². The highest BCUT2D eigenvalue weighted by atomic mass is 16.6. The van der Waals surface area contributed by atoms with Crippen LogP contribution in [0, 0.1) is 0 Å². The Balaban J connectivity index is 5.15. The molecule has 13 heteroatoms. The lowest BCUT2D eigenvalue weighted by Gasteiger charge is -2.34. The average molecular weight is 530 g/mol. The number of carbonyl (C=O) groups is 1. The fraction of sp³-hybridized carbons (Fsp3) is 0.957. The van der Waals surface area contributed by atoms with Gasteiger partial charge >= 0.3 is 5.97 Å². The van der Waals surface area contributed by atoms with Gasteiger partial charge in [0.25, 0.3) is 0 Å². The van der Waals surface area contributed by atoms with Gasteiger partial charge < -0.3 is 55.4 Å². The van der Waals surface area contributed by atoms with E-state index in [4.69, 9.17) is 24.8 Å². The van der Waals surface area contributed by atoms with E-state index in [-0.39, 0.29) is 52.1 Å². The fourth-order valence-corrected chi connectivity index (χ4v) is 3.40. The number of carboxylic acid groups (broad SMARTS) is 1. The van der Waals surface area contributed by atoms with Crippen molar-refractivity contribution in [1.82, 2.24) is 4.90 Å². The molecule has 0 aromatic rings. The number of aliphatic carboxylic acids is 1. The number of ether oxygens (including phenoxy) is 2. The van der Waals surface area contributed by atoms with E-state index in [0.29, 0.717) is 0 Å². The van der Waals surface area contributed by atoms with Crippen molar-refractivity contribution in [2.45, 2.75) is 94.8 Å². The minimum Gasteiger partial charge on any atom is -0.481 e. The number of aliphatic hydroxyl groups excluding tert-OH is 8. The average Bonchev–Trinajstić information content (AvgIpc) is 2.76. The maximum atomic E-state index is 11.0. The first-order valence-corrected chi connectivity index (χ1v) is 12.1. The lowest BCUT2D eigenvalue weighted by molar-refractivity contribution is -0.152. The summed E-state index contributed by atoms with van der Waals surface area (Å²) in [5.41, 5.74) is -1.74. The van der Waals surface area contributed by atoms with Gasteiger partial charge in [-0.25, -0.2) is 0 Å². The van der Waals surface area contributed by atoms with Crippen LogP contribution in [0.25, 0.3) is 0 Å². The van der Waals surface area contributed by atoms with Crippen molar-refractivity contribution in [3.8, 4) is 0 Å². The second-order valence-corrected chi connectivity index (χ2v) is 10.3. The molecule has 0 heterocycles. The molecular formula is C23H47NO12. The molecule has 0 rings (SSSR count). The van der Waals surface area contributed by atoms with E-state index in [1.165, 1.54) is 4.90 Å². The molecule has 0 radical (unpaired) electrons. The summed E-state index contributed by atoms with van der Waals surface area (Å²) in [5.74, 6) is -0.996. The SMILES string of the molecule is CC(C)(COC(C)(C)CC(=O)O)OCCN(CC(O)C(O)C(O)CCO)CC(O)C(O)C(O)CCO. The Morgan fingerprint density at radius 3 is 1.58 bits per heavy atom. The smallest absolute Gasteiger partial charge is 0.306 e. The molecule has 0 aliphatic rings. The van der Waals surface area contributed by atoms with Gasteiger partial charge in [0.05, 0.1) is 55.3 Å². The van der Waals surface area contributed by atoms with Gasteiger partial charge in [0, 0.05) is 32.8 Å². The van der Waals surface area contributed by atoms with Crippen molar-refractivity contribution in [3.63, 3.8) is 0 Å². The van der Waals surface area contributed by atoms with Crippen LogP contribution < -0.4 is 0 Å². The molecule has 0 aliphatic heterocycles. The summed E-state index contributed by atoms with van der Waals surface area (Å²) in [7, 11) is 0. The Labute approximate surface area is 212 Å². The van der Waals surface area contributed by atoms with Crippen molar-refractivity contribution >= 4 is 5.97 Å². The minimum absolute atomic E-state index is 0.0553. The molecule has 0 saturated heterocycles. The largest absolute Gasteiger partial charge is 0.481 e. The van der Waals surface area contributed by atoms with Crippen molar-refractivity contribution < 1.29 is 60.2 Å². The van der Waals surface area contributed by atoms with Crippen LogP contribution in [0.15, 0.2) is 0 Å². The quantitative estimate of drug-likeness (QED) is 0.0738. The van der Waals surface area contributed by atoms with Crippen molar-refractivity contribution in [1.29, 1.82) is 0 Å². The highest BCUT2D eigenvalue weighted by molar-refractivity contribution is 5.67. The molecule has 0 bridgehead atoms. The molecule has 0 amide bonds. The van der Waals surface area contributed by atoms with Crippen LogP contribution in [-0.2, 0) is 14.3 Å². The molecule has 0 spiro atoms. The van der Waals surface area contributed by atoms with Crippen LogP contribution in [0.1, 0.15) is 47.0 Å². The summed E-state index contributed by atoms with van der Waals surface area (Å²) < 4.78 is 11.5. The third kappa shape index (κ3) is 14.7. The van der Waals surface area contributed by atoms with Gasteiger partial charge in [-0.1, -0.05) is 0 Å². The molecule has 0 fully saturated rings. The Hall–Kier alpha value is -0.970. The van der Waals surface area contributed by atoms with Gasteiger partial charge in [-0.2, -0.15) is 0 Å². The Bertz CT molecular complexity index is 580. The van der Waals surface area contributed by atoms with E-state index < -0.39 is 67.0 Å². The summed E-state index contributed by atoms with van der Waals surface area (Å²) in [4.78, 5) is 12.4. The molecule has 0 saturated carbocycles. The monoisotopic (exact) mass is 529 g/mol. The fourth-order valence-electron chi connectivity index (χ4n) is 3.40. The normalized spacial score (nSPS) is 18.0. The number of carboxylic acids is 1. The third-order valence-corrected chi connectivity index (χ3v) is 5.60. The van der Waals surface area contributed by atoms with E-state index in [9.17, 15) is 35.4 Å². The molecule has 6 atom stereocenters. The molecule has 9 N–H and O–H groups in total. The highest BCUT2D eigenvalue weighted by Crippen LogP contribution is 2.19. The number of hydrogen-bond acceptors (Lipinski definition) is 12. The van der Waals surface area contributed by atoms with Gasteiger partial charge in [0.1, 0.15) is 12.2 Å². The standard InChI is InChI=1S/C23H47NO12/c1-22(2,11-19(31)32)36-14-23(3,4)35-10-7-24(12-17(29)20(33)15(27)5-8-25)13-18(30)21(34)16(28)6-9-26/h15-18,20-21,25-30,33-34H,5-14H2,1-4H3,(H,31,32). The van der Waals surface area contributed by atoms with Crippen molar-refractivity contribution in [2.24, 2.45) is 0 Å². The van der Waals surface area contributed by atoms with Gasteiger partial charge in [-0.15, -0.1) is 0 Å². The van der Waals surface area contributed by atoms with Crippen LogP contribution in [0.4, 0.5) is 0 Å². The predicted molar refractivity (Wildman–Crippen MR) is 128 cm³/mol. The summed E-state index contributed by atoms with van der Waals surface area (Å²) >= 11 is 0. The number of hydrogen-bond donors (Lipinski definition) is 9. The molecule has 216 valence electrons. The zero-order valence-electron chi connectivity index (χ0n) is 21.7. The van der Waals surface area contributed by atoms with E-state index in [0.717, 1.165) is 0 Å². The third-order valence-electron chi connectivity index (χ3n) is 5.60. The Kier molecular flexibility index (Phi) is 16.3. The highest BCUT2D eigenvalue weighted by Gasteiger charge is 2.31. The van der Waals surface area contributed by atoms with Crippen LogP contribution in [-0.4, -0.2) is 151 Å². The van der Waals surface area contributed by atoms with Crippen LogP contribution in [0.2, 0.25) is 0 Å². The van der Waals surface area contributed by atoms with Crippen LogP contribution in [0.3, 0.4) is 0 Å². The zero-order valence-corrected chi connectivity index (χ0v) is 21.7. The van der Waals surface area contributed by atoms with Gasteiger partial charge in [-0.05, 0) is 40.5 Å². The molecule has 6 unspecified atom stereocenters. The molecule has 0 aromatic carbocycles. The summed E-state index contributed by atoms with van der Waals surface area (Å²) in [5, 5.41) is 87.5. The maximum Gasteiger partial charge on any atom is 0.306 e. The van der Waals surface area contributed by atoms with Crippen LogP contribution >= 0.6 is 0 Å². The van der Waals surface area contributed by atoms with Crippen LogP contribution in [0.5, 0.6) is 0 Å². The number of nitrogens with zero attached hydrogens (tertiary/aromatic N) is 1. The first-order chi connectivity index (χ1) is 16.5. The van der Waals surface area contributed by atoms with Crippen molar-refractivity contribution in [3.05, 3.63) is 0 Å². The number of aliphatic hydroxyl groups is 8. The lowest BCUT2D eigenvalue weighted by Crippen LogP contribution is -2.50. The minimum atomic E-state index is -1.58. The van der Waals surface area contributed by atoms with E-state index >= 15 is 0 Å². The first kappa shape index (κ1) is 35.0. The molecular weight excluding hydrogens is 482 g/mol. The zero-order chi connectivity index (χ0) is 28.1. The lowest BCUT2D eigenvalue weighted by atomic mass is 10.0. The van der Waals surface area contributed by atoms with E-state index in [1.54, 1.807) is 27.7 Å². The maximum absolute atomic E-state index is 11.0. The van der Waals surface area contributed by atoms with E-state index in [2.05, 4.69) is 0 Å². The van der Waals surface area contributed by atoms with Crippen molar-refractivity contribution in [2.75, 3.05) is 46.1 Å². The summed E-state index contributed by atoms with van der Waals surface area (Å²) in [6.45, 7) is 5.74. The van der Waals surface area contributed by atoms with Gasteiger partial charge in [0.2, 0.25) is 0 Å². The number of rotatable bonds is 21. The first-order valence-electron chi connectivity index (χ1n) is 12.1. The Morgan fingerprint density at radius 1 is 0.750 bits per heavy atom. The molecule has 36 heavy (non-hydrogen) atoms. The topological polar surface area (TPSA) is 221 Å². The summed E-state index contributed by atoms with van der Waals surface area (Å²) in [6, 6.07) is 0. The summed E-state index contributed by atoms with van der Waals surface area (Å²) in [6.07, 6.45) is -9.34. The Morgan fingerprint density at radius 2 is 1.19 bits per heavy atom. The second kappa shape index (κ2) is 16.8. The molecule has 0 aliphatic carbocycles. The predicted octanol–water partition coefficient (Wildman–Crippen LogP) is -2.72. The molecule has 13 nitrogen and oxygen atoms in total. The van der Waals surface area contributed by atoms with Gasteiger partial charge in [-0.3, -0.25) is 9.69 Å². The van der Waals surface area contributed by atoms with Gasteiger partial charge in [0.15, 0.2) is 0 Å². The molecule has 0 aromatic heterocycles. The second-order valence-electron chi connectivity index (χ2n) is 10.3.